The largest absolute Gasteiger partial charge is 0.403 e. The van der Waals surface area contributed by atoms with E-state index in [0.29, 0.717) is 12.8 Å². The summed E-state index contributed by atoms with van der Waals surface area (Å²) >= 11 is 0. The maximum Gasteiger partial charge on any atom is 0.403 e. The molecule has 122 valence electrons. The van der Waals surface area contributed by atoms with Crippen molar-refractivity contribution in [2.45, 2.75) is 38.4 Å². The second kappa shape index (κ2) is 5.93. The van der Waals surface area contributed by atoms with E-state index in [1.807, 2.05) is 0 Å². The Balaban J connectivity index is 1.93. The van der Waals surface area contributed by atoms with Gasteiger partial charge in [0.25, 0.3) is 0 Å². The van der Waals surface area contributed by atoms with Gasteiger partial charge in [0.15, 0.2) is 0 Å². The molecule has 0 unspecified atom stereocenters. The lowest BCUT2D eigenvalue weighted by Crippen LogP contribution is -2.49. The van der Waals surface area contributed by atoms with Crippen molar-refractivity contribution in [3.8, 4) is 0 Å². The molecule has 7 nitrogen and oxygen atoms in total. The van der Waals surface area contributed by atoms with Gasteiger partial charge < -0.3 is 5.32 Å². The number of carbonyl (C=O) groups is 1. The predicted octanol–water partition coefficient (Wildman–Crippen LogP) is 2.03. The van der Waals surface area contributed by atoms with Gasteiger partial charge in [0.05, 0.1) is 11.5 Å². The lowest BCUT2D eigenvalue weighted by Gasteiger charge is -2.30. The highest BCUT2D eigenvalue weighted by Crippen LogP contribution is 2.50. The van der Waals surface area contributed by atoms with Crippen LogP contribution in [0.1, 0.15) is 25.7 Å². The van der Waals surface area contributed by atoms with Crippen molar-refractivity contribution in [2.75, 3.05) is 6.54 Å². The number of aromatic nitrogens is 2. The number of hydrogen-bond acceptors (Lipinski definition) is 4. The van der Waals surface area contributed by atoms with Gasteiger partial charge in [-0.25, -0.2) is 0 Å². The van der Waals surface area contributed by atoms with Gasteiger partial charge >= 0.3 is 11.9 Å². The fraction of sp³-hybridized carbons (Fsp3) is 0.667. The summed E-state index contributed by atoms with van der Waals surface area (Å²) in [4.78, 5) is 21.8. The first-order chi connectivity index (χ1) is 10.3. The number of amides is 1. The summed E-state index contributed by atoms with van der Waals surface area (Å²) in [6.07, 6.45) is -2.03. The molecular weight excluding hydrogens is 305 g/mol. The summed E-state index contributed by atoms with van der Waals surface area (Å²) in [5.74, 6) is -1.03. The second-order valence-corrected chi connectivity index (χ2v) is 5.26. The maximum absolute atomic E-state index is 13.2. The van der Waals surface area contributed by atoms with Gasteiger partial charge in [0, 0.05) is 6.54 Å². The molecule has 2 rings (SSSR count). The third-order valence-corrected chi connectivity index (χ3v) is 3.89. The number of rotatable bonds is 5. The Morgan fingerprint density at radius 3 is 2.59 bits per heavy atom. The van der Waals surface area contributed by atoms with Gasteiger partial charge in [-0.15, -0.1) is 0 Å². The molecule has 0 radical (unpaired) electrons. The van der Waals surface area contributed by atoms with Gasteiger partial charge in [0.2, 0.25) is 5.91 Å². The van der Waals surface area contributed by atoms with Crippen LogP contribution in [0.5, 0.6) is 0 Å². The smallest absolute Gasteiger partial charge is 0.353 e. The third kappa shape index (κ3) is 3.04. The standard InChI is InChI=1S/C12H15F3N4O3/c13-12(14,15)11(3-1-2-4-11)10(20)16-5-6-18-8-9(7-17-18)19(21)22/h7-8H,1-6H2,(H,16,20). The van der Waals surface area contributed by atoms with Crippen LogP contribution in [0, 0.1) is 15.5 Å². The summed E-state index contributed by atoms with van der Waals surface area (Å²) in [7, 11) is 0. The molecule has 0 aliphatic heterocycles. The maximum atomic E-state index is 13.2. The van der Waals surface area contributed by atoms with Crippen LogP contribution in [0.4, 0.5) is 18.9 Å². The van der Waals surface area contributed by atoms with Crippen LogP contribution < -0.4 is 5.32 Å². The first-order valence-electron chi connectivity index (χ1n) is 6.78. The monoisotopic (exact) mass is 320 g/mol. The summed E-state index contributed by atoms with van der Waals surface area (Å²) < 4.78 is 40.7. The van der Waals surface area contributed by atoms with Crippen LogP contribution >= 0.6 is 0 Å². The molecule has 0 spiro atoms. The quantitative estimate of drug-likeness (QED) is 0.664. The highest BCUT2D eigenvalue weighted by atomic mass is 19.4. The topological polar surface area (TPSA) is 90.1 Å². The summed E-state index contributed by atoms with van der Waals surface area (Å²) in [5.41, 5.74) is -2.52. The van der Waals surface area contributed by atoms with Crippen molar-refractivity contribution >= 4 is 11.6 Å². The van der Waals surface area contributed by atoms with E-state index in [1.54, 1.807) is 0 Å². The van der Waals surface area contributed by atoms with Crippen molar-refractivity contribution in [3.63, 3.8) is 0 Å². The van der Waals surface area contributed by atoms with Crippen LogP contribution in [-0.4, -0.2) is 33.3 Å². The Labute approximate surface area is 123 Å². The van der Waals surface area contributed by atoms with Gasteiger partial charge in [-0.05, 0) is 12.8 Å². The van der Waals surface area contributed by atoms with Crippen LogP contribution in [-0.2, 0) is 11.3 Å². The van der Waals surface area contributed by atoms with E-state index in [4.69, 9.17) is 0 Å². The van der Waals surface area contributed by atoms with E-state index >= 15 is 0 Å². The van der Waals surface area contributed by atoms with Crippen molar-refractivity contribution < 1.29 is 22.9 Å². The molecule has 1 N–H and O–H groups in total. The van der Waals surface area contributed by atoms with Crippen LogP contribution in [0.25, 0.3) is 0 Å². The molecule has 1 amide bonds. The lowest BCUT2D eigenvalue weighted by molar-refractivity contribution is -0.385. The Kier molecular flexibility index (Phi) is 4.38. The fourth-order valence-electron chi connectivity index (χ4n) is 2.64. The number of nitro groups is 1. The van der Waals surface area contributed by atoms with E-state index in [-0.39, 0.29) is 31.6 Å². The highest BCUT2D eigenvalue weighted by molar-refractivity contribution is 5.83. The molecule has 0 aromatic carbocycles. The third-order valence-electron chi connectivity index (χ3n) is 3.89. The average molecular weight is 320 g/mol. The summed E-state index contributed by atoms with van der Waals surface area (Å²) in [6, 6.07) is 0. The molecule has 1 heterocycles. The number of alkyl halides is 3. The number of hydrogen-bond donors (Lipinski definition) is 1. The van der Waals surface area contributed by atoms with Gasteiger partial charge in [-0.2, -0.15) is 18.3 Å². The Morgan fingerprint density at radius 2 is 2.09 bits per heavy atom. The van der Waals surface area contributed by atoms with E-state index in [1.165, 1.54) is 4.68 Å². The van der Waals surface area contributed by atoms with Crippen molar-refractivity contribution in [1.82, 2.24) is 15.1 Å². The van der Waals surface area contributed by atoms with Gasteiger partial charge in [0.1, 0.15) is 17.8 Å². The van der Waals surface area contributed by atoms with Crippen molar-refractivity contribution in [3.05, 3.63) is 22.5 Å². The number of nitrogens with one attached hydrogen (secondary N) is 1. The first-order valence-corrected chi connectivity index (χ1v) is 6.78. The molecule has 0 bridgehead atoms. The summed E-state index contributed by atoms with van der Waals surface area (Å²) in [5, 5.41) is 16.4. The molecule has 1 aromatic heterocycles. The lowest BCUT2D eigenvalue weighted by atomic mass is 9.84. The minimum Gasteiger partial charge on any atom is -0.353 e. The Bertz CT molecular complexity index is 564. The van der Waals surface area contributed by atoms with E-state index in [0.717, 1.165) is 12.4 Å². The van der Waals surface area contributed by atoms with Gasteiger partial charge in [-0.3, -0.25) is 19.6 Å². The molecule has 0 atom stereocenters. The molecule has 1 aliphatic carbocycles. The molecule has 1 aliphatic rings. The molecule has 1 fully saturated rings. The van der Waals surface area contributed by atoms with E-state index in [9.17, 15) is 28.1 Å². The molecule has 22 heavy (non-hydrogen) atoms. The van der Waals surface area contributed by atoms with Crippen molar-refractivity contribution in [1.29, 1.82) is 0 Å². The van der Waals surface area contributed by atoms with Gasteiger partial charge in [-0.1, -0.05) is 12.8 Å². The SMILES string of the molecule is O=C(NCCn1cc([N+](=O)[O-])cn1)C1(C(F)(F)F)CCCC1. The molecule has 1 saturated carbocycles. The van der Waals surface area contributed by atoms with Crippen molar-refractivity contribution in [2.24, 2.45) is 5.41 Å². The zero-order chi connectivity index (χ0) is 16.4. The highest BCUT2D eigenvalue weighted by Gasteiger charge is 2.60. The number of halogens is 3. The second-order valence-electron chi connectivity index (χ2n) is 5.26. The fourth-order valence-corrected chi connectivity index (χ4v) is 2.64. The van der Waals surface area contributed by atoms with Crippen LogP contribution in [0.3, 0.4) is 0 Å². The zero-order valence-corrected chi connectivity index (χ0v) is 11.6. The van der Waals surface area contributed by atoms with Crippen LogP contribution in [0.15, 0.2) is 12.4 Å². The molecular formula is C12H15F3N4O3. The molecule has 10 heteroatoms. The van der Waals surface area contributed by atoms with E-state index in [2.05, 4.69) is 10.4 Å². The minimum absolute atomic E-state index is 0.0630. The zero-order valence-electron chi connectivity index (χ0n) is 11.6. The summed E-state index contributed by atoms with van der Waals surface area (Å²) in [6.45, 7) is -0.0109. The van der Waals surface area contributed by atoms with Crippen LogP contribution in [0.2, 0.25) is 0 Å². The average Bonchev–Trinajstić information content (AvgIpc) is 3.07. The Hall–Kier alpha value is -2.13. The normalized spacial score (nSPS) is 17.4. The Morgan fingerprint density at radius 1 is 1.45 bits per heavy atom. The first kappa shape index (κ1) is 16.2. The molecule has 0 saturated heterocycles. The predicted molar refractivity (Wildman–Crippen MR) is 68.8 cm³/mol. The van der Waals surface area contributed by atoms with E-state index < -0.39 is 22.4 Å². The number of nitrogens with zero attached hydrogens (tertiary/aromatic N) is 3. The minimum atomic E-state index is -4.57. The number of carbonyl (C=O) groups excluding carboxylic acids is 1. The molecule has 1 aromatic rings.